The van der Waals surface area contributed by atoms with Gasteiger partial charge in [-0.2, -0.15) is 0 Å². The van der Waals surface area contributed by atoms with Gasteiger partial charge in [0.1, 0.15) is 0 Å². The molecule has 1 atom stereocenters. The molecule has 0 spiro atoms. The van der Waals surface area contributed by atoms with Crippen molar-refractivity contribution in [1.29, 1.82) is 0 Å². The van der Waals surface area contributed by atoms with Crippen LogP contribution in [0.25, 0.3) is 0 Å². The summed E-state index contributed by atoms with van der Waals surface area (Å²) in [6.45, 7) is 3.69. The summed E-state index contributed by atoms with van der Waals surface area (Å²) in [6, 6.07) is 17.9. The molecular weight excluding hydrogens is 659 g/mol. The minimum atomic E-state index is 0. The highest BCUT2D eigenvalue weighted by atomic mass is 79.9. The fourth-order valence-electron chi connectivity index (χ4n) is 4.80. The minimum absolute atomic E-state index is 0. The maximum Gasteiger partial charge on any atom is 0.184 e. The molecule has 4 aromatic rings. The van der Waals surface area contributed by atoms with E-state index in [2.05, 4.69) is 29.0 Å². The van der Waals surface area contributed by atoms with Crippen molar-refractivity contribution in [3.8, 4) is 23.0 Å². The number of halogens is 3. The molecule has 42 heavy (non-hydrogen) atoms. The van der Waals surface area contributed by atoms with Gasteiger partial charge in [-0.15, -0.1) is 28.3 Å². The molecule has 1 heterocycles. The number of hydrogen-bond donors (Lipinski definition) is 0. The molecule has 0 radical (unpaired) electrons. The molecule has 0 aliphatic heterocycles. The van der Waals surface area contributed by atoms with Gasteiger partial charge in [0.15, 0.2) is 27.8 Å². The first kappa shape index (κ1) is 33.8. The lowest BCUT2D eigenvalue weighted by Crippen LogP contribution is -2.21. The normalized spacial score (nSPS) is 12.0. The van der Waals surface area contributed by atoms with Gasteiger partial charge in [-0.25, -0.2) is 0 Å². The summed E-state index contributed by atoms with van der Waals surface area (Å²) in [5, 5.41) is 3.37. The Kier molecular flexibility index (Phi) is 13.1. The van der Waals surface area contributed by atoms with Gasteiger partial charge in [0, 0.05) is 30.1 Å². The number of nitrogens with zero attached hydrogens (tertiary/aromatic N) is 2. The van der Waals surface area contributed by atoms with Crippen LogP contribution in [0.5, 0.6) is 23.0 Å². The highest BCUT2D eigenvalue weighted by Gasteiger charge is 2.15. The molecule has 3 aromatic carbocycles. The Bertz CT molecular complexity index is 1540. The quantitative estimate of drug-likeness (QED) is 0.142. The molecule has 0 fully saturated rings. The number of ether oxygens (including phenoxy) is 4. The molecule has 1 unspecified atom stereocenters. The lowest BCUT2D eigenvalue weighted by Gasteiger charge is -2.16. The minimum Gasteiger partial charge on any atom is -0.493 e. The monoisotopic (exact) mass is 694 g/mol. The van der Waals surface area contributed by atoms with Crippen LogP contribution in [0.15, 0.2) is 65.0 Å². The van der Waals surface area contributed by atoms with Crippen LogP contribution in [0.2, 0.25) is 10.0 Å². The summed E-state index contributed by atoms with van der Waals surface area (Å²) in [5.41, 5.74) is 4.71. The van der Waals surface area contributed by atoms with E-state index in [4.69, 9.17) is 47.1 Å². The van der Waals surface area contributed by atoms with E-state index in [1.807, 2.05) is 42.5 Å². The van der Waals surface area contributed by atoms with Crippen LogP contribution >= 0.6 is 51.5 Å². The highest BCUT2D eigenvalue weighted by Crippen LogP contribution is 2.30. The summed E-state index contributed by atoms with van der Waals surface area (Å²) in [7, 11) is 6.60. The lowest BCUT2D eigenvalue weighted by molar-refractivity contribution is 0.354. The third kappa shape index (κ3) is 8.47. The summed E-state index contributed by atoms with van der Waals surface area (Å²) >= 11 is 14.1. The lowest BCUT2D eigenvalue weighted by atomic mass is 9.98. The summed E-state index contributed by atoms with van der Waals surface area (Å²) in [6.07, 6.45) is 2.46. The molecule has 10 heteroatoms. The molecule has 0 bridgehead atoms. The highest BCUT2D eigenvalue weighted by molar-refractivity contribution is 8.93. The maximum absolute atomic E-state index is 6.30. The van der Waals surface area contributed by atoms with Crippen LogP contribution in [-0.4, -0.2) is 39.6 Å². The third-order valence-electron chi connectivity index (χ3n) is 7.03. The number of aryl methyl sites for hydroxylation is 1. The molecule has 0 N–H and O–H groups in total. The third-order valence-corrected chi connectivity index (χ3v) is 8.68. The van der Waals surface area contributed by atoms with E-state index in [1.54, 1.807) is 39.8 Å². The van der Waals surface area contributed by atoms with Crippen molar-refractivity contribution in [2.45, 2.75) is 38.6 Å². The molecule has 0 saturated heterocycles. The maximum atomic E-state index is 6.30. The largest absolute Gasteiger partial charge is 0.493 e. The van der Waals surface area contributed by atoms with Gasteiger partial charge in [-0.05, 0) is 72.4 Å². The van der Waals surface area contributed by atoms with Gasteiger partial charge < -0.3 is 23.5 Å². The van der Waals surface area contributed by atoms with Crippen molar-refractivity contribution in [3.05, 3.63) is 97.2 Å². The van der Waals surface area contributed by atoms with Gasteiger partial charge in [0.05, 0.1) is 38.5 Å². The topological polar surface area (TPSA) is 54.2 Å². The van der Waals surface area contributed by atoms with Crippen molar-refractivity contribution in [1.82, 2.24) is 4.57 Å². The van der Waals surface area contributed by atoms with Crippen molar-refractivity contribution < 1.29 is 18.9 Å². The Hall–Kier alpha value is -2.65. The summed E-state index contributed by atoms with van der Waals surface area (Å²) in [5.74, 6) is 3.16. The van der Waals surface area contributed by atoms with E-state index < -0.39 is 0 Å². The van der Waals surface area contributed by atoms with Crippen LogP contribution in [0.1, 0.15) is 35.2 Å². The fraction of sp³-hybridized carbons (Fsp3) is 0.344. The fourth-order valence-corrected chi connectivity index (χ4v) is 6.20. The predicted octanol–water partition coefficient (Wildman–Crippen LogP) is 8.20. The second kappa shape index (κ2) is 16.3. The molecular formula is C32H37BrCl2N2O4S. The van der Waals surface area contributed by atoms with Crippen molar-refractivity contribution in [2.75, 3.05) is 35.0 Å². The zero-order valence-corrected chi connectivity index (χ0v) is 28.5. The Morgan fingerprint density at radius 3 is 1.88 bits per heavy atom. The summed E-state index contributed by atoms with van der Waals surface area (Å²) < 4.78 is 24.1. The van der Waals surface area contributed by atoms with E-state index in [-0.39, 0.29) is 22.9 Å². The van der Waals surface area contributed by atoms with Crippen molar-refractivity contribution in [2.24, 2.45) is 4.99 Å². The second-order valence-corrected chi connectivity index (χ2v) is 11.4. The molecule has 6 nitrogen and oxygen atoms in total. The second-order valence-electron chi connectivity index (χ2n) is 9.71. The van der Waals surface area contributed by atoms with E-state index in [1.165, 1.54) is 11.3 Å². The first-order valence-corrected chi connectivity index (χ1v) is 15.0. The molecule has 0 saturated carbocycles. The average molecular weight is 697 g/mol. The van der Waals surface area contributed by atoms with Gasteiger partial charge in [-0.1, -0.05) is 48.3 Å². The molecule has 0 amide bonds. The number of benzene rings is 3. The van der Waals surface area contributed by atoms with Gasteiger partial charge in [-0.3, -0.25) is 4.99 Å². The molecule has 1 aromatic heterocycles. The number of methoxy groups -OCH3 is 4. The van der Waals surface area contributed by atoms with Gasteiger partial charge >= 0.3 is 0 Å². The van der Waals surface area contributed by atoms with E-state index in [0.29, 0.717) is 16.6 Å². The molecule has 4 rings (SSSR count). The van der Waals surface area contributed by atoms with Gasteiger partial charge in [0.25, 0.3) is 0 Å². The zero-order chi connectivity index (χ0) is 29.4. The van der Waals surface area contributed by atoms with E-state index >= 15 is 0 Å². The predicted molar refractivity (Wildman–Crippen MR) is 178 cm³/mol. The Morgan fingerprint density at radius 1 is 0.738 bits per heavy atom. The van der Waals surface area contributed by atoms with Crippen molar-refractivity contribution >= 4 is 51.5 Å². The van der Waals surface area contributed by atoms with Crippen LogP contribution < -0.4 is 23.7 Å². The van der Waals surface area contributed by atoms with Crippen LogP contribution in [-0.2, 0) is 25.8 Å². The zero-order valence-electron chi connectivity index (χ0n) is 24.5. The van der Waals surface area contributed by atoms with Crippen LogP contribution in [0.3, 0.4) is 0 Å². The molecule has 0 aliphatic rings. The summed E-state index contributed by atoms with van der Waals surface area (Å²) in [4.78, 5) is 6.04. The SMILES string of the molecule is Br.COc1ccc(CCN=c2scc(C(C)Cc3ccc(Cl)c(Cl)c3)n2CCc2ccc(OC)c(OC)c2)cc1OC. The van der Waals surface area contributed by atoms with E-state index in [9.17, 15) is 0 Å². The molecule has 0 aliphatic carbocycles. The number of hydrogen-bond acceptors (Lipinski definition) is 6. The number of thiazole rings is 1. The average Bonchev–Trinajstić information content (AvgIpc) is 3.40. The Labute approximate surface area is 272 Å². The van der Waals surface area contributed by atoms with Crippen molar-refractivity contribution in [3.63, 3.8) is 0 Å². The van der Waals surface area contributed by atoms with Crippen LogP contribution in [0, 0.1) is 0 Å². The smallest absolute Gasteiger partial charge is 0.184 e. The molecule has 226 valence electrons. The Balaban J connectivity index is 0.00000484. The van der Waals surface area contributed by atoms with Crippen LogP contribution in [0.4, 0.5) is 0 Å². The first-order valence-electron chi connectivity index (χ1n) is 13.4. The standard InChI is InChI=1S/C32H36Cl2N2O4S.BrH/c1-21(16-24-6-9-25(33)26(34)17-24)27-20-41-32(35-14-12-22-7-10-28(37-2)30(18-22)39-4)36(27)15-13-23-8-11-29(38-3)31(19-23)40-5;/h6-11,17-21H,12-16H2,1-5H3;1H. The van der Waals surface area contributed by atoms with E-state index in [0.717, 1.165) is 64.7 Å². The number of rotatable bonds is 13. The van der Waals surface area contributed by atoms with Gasteiger partial charge in [0.2, 0.25) is 0 Å². The Morgan fingerprint density at radius 2 is 1.31 bits per heavy atom. The first-order chi connectivity index (χ1) is 19.9. The number of aromatic nitrogens is 1.